The molecule has 8 heteroatoms. The Hall–Kier alpha value is -3.81. The number of methoxy groups -OCH3 is 2. The van der Waals surface area contributed by atoms with Crippen LogP contribution in [0.3, 0.4) is 0 Å². The average molecular weight is 463 g/mol. The summed E-state index contributed by atoms with van der Waals surface area (Å²) in [5, 5.41) is 8.82. The molecule has 1 saturated heterocycles. The predicted molar refractivity (Wildman–Crippen MR) is 131 cm³/mol. The first kappa shape index (κ1) is 23.4. The van der Waals surface area contributed by atoms with Crippen molar-refractivity contribution < 1.29 is 19.0 Å². The summed E-state index contributed by atoms with van der Waals surface area (Å²) >= 11 is 0. The third-order valence-corrected chi connectivity index (χ3v) is 5.99. The number of hydrogen-bond acceptors (Lipinski definition) is 7. The van der Waals surface area contributed by atoms with Crippen LogP contribution in [0, 0.1) is 0 Å². The van der Waals surface area contributed by atoms with Crippen molar-refractivity contribution in [2.45, 2.75) is 13.3 Å². The summed E-state index contributed by atoms with van der Waals surface area (Å²) in [6.45, 7) is 4.76. The molecule has 178 valence electrons. The highest BCUT2D eigenvalue weighted by atomic mass is 16.5. The second kappa shape index (κ2) is 10.9. The van der Waals surface area contributed by atoms with Crippen molar-refractivity contribution in [2.24, 2.45) is 0 Å². The molecule has 8 nitrogen and oxygen atoms in total. The number of carbonyl (C=O) groups excluding carboxylic acids is 1. The zero-order valence-electron chi connectivity index (χ0n) is 19.9. The van der Waals surface area contributed by atoms with Crippen LogP contribution in [0.4, 0.5) is 5.82 Å². The monoisotopic (exact) mass is 462 g/mol. The van der Waals surface area contributed by atoms with Gasteiger partial charge in [-0.25, -0.2) is 0 Å². The van der Waals surface area contributed by atoms with Gasteiger partial charge in [-0.2, -0.15) is 0 Å². The third kappa shape index (κ3) is 5.22. The van der Waals surface area contributed by atoms with Crippen LogP contribution in [0.25, 0.3) is 11.3 Å². The molecular weight excluding hydrogens is 432 g/mol. The quantitative estimate of drug-likeness (QED) is 0.507. The fraction of sp³-hybridized carbons (Fsp3) is 0.346. The summed E-state index contributed by atoms with van der Waals surface area (Å²) in [6.07, 6.45) is 0.870. The van der Waals surface area contributed by atoms with Gasteiger partial charge in [0.05, 0.1) is 19.9 Å². The summed E-state index contributed by atoms with van der Waals surface area (Å²) in [7, 11) is 3.22. The van der Waals surface area contributed by atoms with Crippen molar-refractivity contribution in [1.29, 1.82) is 0 Å². The highest BCUT2D eigenvalue weighted by molar-refractivity contribution is 5.78. The lowest BCUT2D eigenvalue weighted by atomic mass is 10.1. The number of amides is 1. The van der Waals surface area contributed by atoms with Gasteiger partial charge in [0, 0.05) is 31.7 Å². The second-order valence-electron chi connectivity index (χ2n) is 7.96. The lowest BCUT2D eigenvalue weighted by molar-refractivity contribution is -0.133. The summed E-state index contributed by atoms with van der Waals surface area (Å²) < 4.78 is 16.5. The molecule has 1 aliphatic rings. The maximum atomic E-state index is 12.6. The highest BCUT2D eigenvalue weighted by Crippen LogP contribution is 2.31. The maximum absolute atomic E-state index is 12.6. The van der Waals surface area contributed by atoms with Crippen LogP contribution in [0.5, 0.6) is 17.2 Å². The molecule has 34 heavy (non-hydrogen) atoms. The van der Waals surface area contributed by atoms with Gasteiger partial charge in [0.25, 0.3) is 5.91 Å². The number of rotatable bonds is 8. The number of aryl methyl sites for hydroxylation is 1. The van der Waals surface area contributed by atoms with Gasteiger partial charge in [-0.15, -0.1) is 10.2 Å². The van der Waals surface area contributed by atoms with Crippen LogP contribution in [0.15, 0.2) is 54.6 Å². The van der Waals surface area contributed by atoms with E-state index >= 15 is 0 Å². The molecule has 4 rings (SSSR count). The highest BCUT2D eigenvalue weighted by Gasteiger charge is 2.23. The first-order chi connectivity index (χ1) is 16.6. The van der Waals surface area contributed by atoms with Crippen LogP contribution >= 0.6 is 0 Å². The zero-order valence-corrected chi connectivity index (χ0v) is 19.9. The fourth-order valence-corrected chi connectivity index (χ4v) is 4.00. The van der Waals surface area contributed by atoms with E-state index in [4.69, 9.17) is 14.2 Å². The van der Waals surface area contributed by atoms with Gasteiger partial charge in [0.2, 0.25) is 0 Å². The van der Waals surface area contributed by atoms with Crippen molar-refractivity contribution in [2.75, 3.05) is 51.9 Å². The van der Waals surface area contributed by atoms with E-state index < -0.39 is 0 Å². The van der Waals surface area contributed by atoms with Crippen LogP contribution in [0.2, 0.25) is 0 Å². The largest absolute Gasteiger partial charge is 0.493 e. The van der Waals surface area contributed by atoms with E-state index in [9.17, 15) is 4.79 Å². The summed E-state index contributed by atoms with van der Waals surface area (Å²) in [6, 6.07) is 17.4. The van der Waals surface area contributed by atoms with Crippen LogP contribution < -0.4 is 19.1 Å². The standard InChI is InChI=1S/C26H30N4O4/c1-4-19-7-5-6-8-22(19)34-18-26(31)30-15-13-29(14-16-30)25-12-10-21(27-28-25)20-9-11-23(32-2)24(17-20)33-3/h5-12,17H,4,13-16,18H2,1-3H3. The minimum atomic E-state index is 0.000409. The number of piperazine rings is 1. The van der Waals surface area contributed by atoms with Crippen molar-refractivity contribution in [3.05, 3.63) is 60.2 Å². The second-order valence-corrected chi connectivity index (χ2v) is 7.96. The van der Waals surface area contributed by atoms with Gasteiger partial charge in [0.1, 0.15) is 5.75 Å². The van der Waals surface area contributed by atoms with Crippen molar-refractivity contribution >= 4 is 11.7 Å². The smallest absolute Gasteiger partial charge is 0.260 e. The topological polar surface area (TPSA) is 77.0 Å². The van der Waals surface area contributed by atoms with E-state index in [1.165, 1.54) is 0 Å². The predicted octanol–water partition coefficient (Wildman–Crippen LogP) is 3.45. The zero-order chi connectivity index (χ0) is 23.9. The van der Waals surface area contributed by atoms with E-state index in [1.54, 1.807) is 14.2 Å². The Morgan fingerprint density at radius 3 is 2.32 bits per heavy atom. The Bertz CT molecular complexity index is 1110. The molecule has 2 heterocycles. The van der Waals surface area contributed by atoms with Crippen molar-refractivity contribution in [3.8, 4) is 28.5 Å². The van der Waals surface area contributed by atoms with Gasteiger partial charge in [-0.05, 0) is 48.4 Å². The van der Waals surface area contributed by atoms with E-state index in [0.29, 0.717) is 37.7 Å². The van der Waals surface area contributed by atoms with E-state index in [-0.39, 0.29) is 12.5 Å². The van der Waals surface area contributed by atoms with Crippen molar-refractivity contribution in [3.63, 3.8) is 0 Å². The van der Waals surface area contributed by atoms with E-state index in [1.807, 2.05) is 59.5 Å². The number of para-hydroxylation sites is 1. The summed E-state index contributed by atoms with van der Waals surface area (Å²) in [4.78, 5) is 16.6. The molecular formula is C26H30N4O4. The number of carbonyl (C=O) groups is 1. The molecule has 0 radical (unpaired) electrons. The minimum Gasteiger partial charge on any atom is -0.493 e. The van der Waals surface area contributed by atoms with Crippen LogP contribution in [-0.4, -0.2) is 68.0 Å². The number of aromatic nitrogens is 2. The average Bonchev–Trinajstić information content (AvgIpc) is 2.91. The minimum absolute atomic E-state index is 0.000409. The summed E-state index contributed by atoms with van der Waals surface area (Å²) in [5.41, 5.74) is 2.76. The Morgan fingerprint density at radius 1 is 0.882 bits per heavy atom. The summed E-state index contributed by atoms with van der Waals surface area (Å²) in [5.74, 6) is 2.89. The van der Waals surface area contributed by atoms with E-state index in [2.05, 4.69) is 22.0 Å². The number of ether oxygens (including phenoxy) is 3. The first-order valence-electron chi connectivity index (χ1n) is 11.4. The Labute approximate surface area is 200 Å². The van der Waals surface area contributed by atoms with Gasteiger partial charge in [-0.3, -0.25) is 4.79 Å². The molecule has 0 spiro atoms. The lowest BCUT2D eigenvalue weighted by Gasteiger charge is -2.35. The number of benzene rings is 2. The molecule has 0 bridgehead atoms. The molecule has 1 amide bonds. The molecule has 1 fully saturated rings. The Kier molecular flexibility index (Phi) is 7.47. The van der Waals surface area contributed by atoms with Crippen LogP contribution in [0.1, 0.15) is 12.5 Å². The van der Waals surface area contributed by atoms with Gasteiger partial charge in [-0.1, -0.05) is 25.1 Å². The van der Waals surface area contributed by atoms with Gasteiger partial charge < -0.3 is 24.0 Å². The van der Waals surface area contributed by atoms with E-state index in [0.717, 1.165) is 34.8 Å². The number of nitrogens with zero attached hydrogens (tertiary/aromatic N) is 4. The molecule has 0 unspecified atom stereocenters. The van der Waals surface area contributed by atoms with Crippen molar-refractivity contribution in [1.82, 2.24) is 15.1 Å². The third-order valence-electron chi connectivity index (χ3n) is 5.99. The Morgan fingerprint density at radius 2 is 1.65 bits per heavy atom. The molecule has 0 saturated carbocycles. The Balaban J connectivity index is 1.32. The SMILES string of the molecule is CCc1ccccc1OCC(=O)N1CCN(c2ccc(-c3ccc(OC)c(OC)c3)nn2)CC1. The fourth-order valence-electron chi connectivity index (χ4n) is 4.00. The number of hydrogen-bond donors (Lipinski definition) is 0. The molecule has 0 aliphatic carbocycles. The first-order valence-corrected chi connectivity index (χ1v) is 11.4. The normalized spacial score (nSPS) is 13.5. The van der Waals surface area contributed by atoms with Crippen LogP contribution in [-0.2, 0) is 11.2 Å². The number of anilines is 1. The maximum Gasteiger partial charge on any atom is 0.260 e. The van der Waals surface area contributed by atoms with Gasteiger partial charge >= 0.3 is 0 Å². The molecule has 2 aromatic carbocycles. The molecule has 1 aromatic heterocycles. The molecule has 3 aromatic rings. The lowest BCUT2D eigenvalue weighted by Crippen LogP contribution is -2.50. The molecule has 0 atom stereocenters. The van der Waals surface area contributed by atoms with Gasteiger partial charge in [0.15, 0.2) is 23.9 Å². The molecule has 1 aliphatic heterocycles. The molecule has 0 N–H and O–H groups in total.